The van der Waals surface area contributed by atoms with Crippen LogP contribution in [0.3, 0.4) is 0 Å². The number of piperazine rings is 1. The molecular weight excluding hydrogens is 433 g/mol. The Morgan fingerprint density at radius 2 is 1.55 bits per heavy atom. The summed E-state index contributed by atoms with van der Waals surface area (Å²) >= 11 is 12.2. The van der Waals surface area contributed by atoms with Gasteiger partial charge in [-0.15, -0.1) is 0 Å². The number of sulfonamides is 1. The van der Waals surface area contributed by atoms with E-state index in [4.69, 9.17) is 23.2 Å². The maximum atomic E-state index is 13.0. The Bertz CT molecular complexity index is 1020. The fourth-order valence-corrected chi connectivity index (χ4v) is 6.37. The van der Waals surface area contributed by atoms with Crippen LogP contribution in [0.15, 0.2) is 47.4 Å². The SMILES string of the molecule is O=C(CN1CCN(S(=O)(=O)c2c(Cl)cccc2Cl)CC1)N1CCc2ccccc21. The predicted octanol–water partition coefficient (Wildman–Crippen LogP) is 2.89. The molecule has 1 saturated heterocycles. The summed E-state index contributed by atoms with van der Waals surface area (Å²) in [7, 11) is -3.78. The highest BCUT2D eigenvalue weighted by Crippen LogP contribution is 2.32. The highest BCUT2D eigenvalue weighted by atomic mass is 35.5. The van der Waals surface area contributed by atoms with E-state index >= 15 is 0 Å². The molecule has 0 saturated carbocycles. The average Bonchev–Trinajstić information content (AvgIpc) is 3.12. The first-order valence-corrected chi connectivity index (χ1v) is 11.6. The van der Waals surface area contributed by atoms with Gasteiger partial charge in [0.25, 0.3) is 0 Å². The molecule has 0 N–H and O–H groups in total. The van der Waals surface area contributed by atoms with Crippen molar-refractivity contribution in [3.63, 3.8) is 0 Å². The van der Waals surface area contributed by atoms with Crippen molar-refractivity contribution in [2.75, 3.05) is 44.2 Å². The molecule has 9 heteroatoms. The van der Waals surface area contributed by atoms with E-state index in [-0.39, 0.29) is 40.5 Å². The number of carbonyl (C=O) groups excluding carboxylic acids is 1. The van der Waals surface area contributed by atoms with Crippen LogP contribution in [-0.4, -0.2) is 62.8 Å². The molecule has 0 unspecified atom stereocenters. The molecule has 6 nitrogen and oxygen atoms in total. The van der Waals surface area contributed by atoms with Crippen LogP contribution in [0.25, 0.3) is 0 Å². The zero-order valence-corrected chi connectivity index (χ0v) is 18.1. The van der Waals surface area contributed by atoms with Gasteiger partial charge in [-0.25, -0.2) is 8.42 Å². The van der Waals surface area contributed by atoms with Gasteiger partial charge in [-0.2, -0.15) is 4.31 Å². The molecule has 0 radical (unpaired) electrons. The first-order valence-electron chi connectivity index (χ1n) is 9.43. The number of hydrogen-bond acceptors (Lipinski definition) is 4. The number of para-hydroxylation sites is 1. The number of amides is 1. The Morgan fingerprint density at radius 1 is 0.897 bits per heavy atom. The molecular formula is C20H21Cl2N3O3S. The Balaban J connectivity index is 1.39. The van der Waals surface area contributed by atoms with E-state index in [2.05, 4.69) is 0 Å². The number of rotatable bonds is 4. The van der Waals surface area contributed by atoms with Crippen molar-refractivity contribution >= 4 is 44.8 Å². The second-order valence-electron chi connectivity index (χ2n) is 7.16. The summed E-state index contributed by atoms with van der Waals surface area (Å²) in [6, 6.07) is 12.6. The Hall–Kier alpha value is -1.64. The second-order valence-corrected chi connectivity index (χ2v) is 9.84. The summed E-state index contributed by atoms with van der Waals surface area (Å²) in [6.07, 6.45) is 0.868. The van der Waals surface area contributed by atoms with Gasteiger partial charge in [0.05, 0.1) is 16.6 Å². The number of halogens is 2. The number of nitrogens with zero attached hydrogens (tertiary/aromatic N) is 3. The summed E-state index contributed by atoms with van der Waals surface area (Å²) in [5, 5.41) is 0.227. The molecule has 2 heterocycles. The molecule has 0 atom stereocenters. The third kappa shape index (κ3) is 4.02. The van der Waals surface area contributed by atoms with Gasteiger partial charge in [-0.05, 0) is 30.2 Å². The summed E-state index contributed by atoms with van der Waals surface area (Å²) < 4.78 is 27.3. The summed E-state index contributed by atoms with van der Waals surface area (Å²) in [5.41, 5.74) is 2.17. The van der Waals surface area contributed by atoms with Gasteiger partial charge >= 0.3 is 0 Å². The maximum absolute atomic E-state index is 13.0. The lowest BCUT2D eigenvalue weighted by atomic mass is 10.2. The molecule has 0 aromatic heterocycles. The minimum absolute atomic E-state index is 0.0420. The van der Waals surface area contributed by atoms with E-state index in [1.807, 2.05) is 34.1 Å². The molecule has 0 spiro atoms. The van der Waals surface area contributed by atoms with Gasteiger partial charge < -0.3 is 4.90 Å². The molecule has 154 valence electrons. The molecule has 0 aliphatic carbocycles. The Morgan fingerprint density at radius 3 is 2.24 bits per heavy atom. The Labute approximate surface area is 180 Å². The number of hydrogen-bond donors (Lipinski definition) is 0. The van der Waals surface area contributed by atoms with Crippen molar-refractivity contribution in [2.45, 2.75) is 11.3 Å². The fourth-order valence-electron chi connectivity index (χ4n) is 3.86. The molecule has 29 heavy (non-hydrogen) atoms. The van der Waals surface area contributed by atoms with Crippen LogP contribution in [-0.2, 0) is 21.2 Å². The molecule has 4 rings (SSSR count). The smallest absolute Gasteiger partial charge is 0.246 e. The maximum Gasteiger partial charge on any atom is 0.246 e. The van der Waals surface area contributed by atoms with Crippen LogP contribution < -0.4 is 4.90 Å². The molecule has 1 fully saturated rings. The van der Waals surface area contributed by atoms with Crippen molar-refractivity contribution in [2.24, 2.45) is 0 Å². The van der Waals surface area contributed by atoms with Crippen LogP contribution in [0.2, 0.25) is 10.0 Å². The van der Waals surface area contributed by atoms with Crippen LogP contribution in [0.5, 0.6) is 0 Å². The van der Waals surface area contributed by atoms with E-state index in [9.17, 15) is 13.2 Å². The van der Waals surface area contributed by atoms with Gasteiger partial charge in [0, 0.05) is 38.4 Å². The number of benzene rings is 2. The highest BCUT2D eigenvalue weighted by molar-refractivity contribution is 7.89. The van der Waals surface area contributed by atoms with Crippen molar-refractivity contribution in [1.29, 1.82) is 0 Å². The third-order valence-electron chi connectivity index (χ3n) is 5.40. The van der Waals surface area contributed by atoms with E-state index in [0.29, 0.717) is 19.6 Å². The predicted molar refractivity (Wildman–Crippen MR) is 114 cm³/mol. The van der Waals surface area contributed by atoms with Crippen molar-refractivity contribution in [3.8, 4) is 0 Å². The van der Waals surface area contributed by atoms with Gasteiger partial charge in [0.15, 0.2) is 0 Å². The highest BCUT2D eigenvalue weighted by Gasteiger charge is 2.33. The molecule has 0 bridgehead atoms. The van der Waals surface area contributed by atoms with Gasteiger partial charge in [-0.3, -0.25) is 9.69 Å². The number of carbonyl (C=O) groups is 1. The summed E-state index contributed by atoms with van der Waals surface area (Å²) in [4.78, 5) is 16.5. The van der Waals surface area contributed by atoms with E-state index in [0.717, 1.165) is 12.1 Å². The monoisotopic (exact) mass is 453 g/mol. The lowest BCUT2D eigenvalue weighted by Crippen LogP contribution is -2.51. The molecule has 2 aromatic rings. The van der Waals surface area contributed by atoms with Crippen molar-refractivity contribution in [3.05, 3.63) is 58.1 Å². The lowest BCUT2D eigenvalue weighted by Gasteiger charge is -2.34. The van der Waals surface area contributed by atoms with Crippen LogP contribution in [0.1, 0.15) is 5.56 Å². The van der Waals surface area contributed by atoms with Gasteiger partial charge in [0.2, 0.25) is 15.9 Å². The number of fused-ring (bicyclic) bond motifs is 1. The van der Waals surface area contributed by atoms with Crippen LogP contribution >= 0.6 is 23.2 Å². The lowest BCUT2D eigenvalue weighted by molar-refractivity contribution is -0.119. The summed E-state index contributed by atoms with van der Waals surface area (Å²) in [6.45, 7) is 2.49. The second kappa shape index (κ2) is 8.24. The normalized spacial score (nSPS) is 18.1. The third-order valence-corrected chi connectivity index (χ3v) is 8.25. The minimum Gasteiger partial charge on any atom is -0.311 e. The average molecular weight is 454 g/mol. The molecule has 1 amide bonds. The first kappa shape index (κ1) is 20.6. The Kier molecular flexibility index (Phi) is 5.86. The van der Waals surface area contributed by atoms with Crippen LogP contribution in [0.4, 0.5) is 5.69 Å². The standard InChI is InChI=1S/C20H21Cl2N3O3S/c21-16-5-3-6-17(22)20(16)29(27,28)24-12-10-23(11-13-24)14-19(26)25-9-8-15-4-1-2-7-18(15)25/h1-7H,8-14H2. The largest absolute Gasteiger partial charge is 0.311 e. The summed E-state index contributed by atoms with van der Waals surface area (Å²) in [5.74, 6) is 0.0420. The zero-order chi connectivity index (χ0) is 20.6. The van der Waals surface area contributed by atoms with Crippen molar-refractivity contribution in [1.82, 2.24) is 9.21 Å². The van der Waals surface area contributed by atoms with Crippen molar-refractivity contribution < 1.29 is 13.2 Å². The quantitative estimate of drug-likeness (QED) is 0.713. The van der Waals surface area contributed by atoms with E-state index in [1.165, 1.54) is 22.0 Å². The topological polar surface area (TPSA) is 60.9 Å². The molecule has 2 aromatic carbocycles. The van der Waals surface area contributed by atoms with Gasteiger partial charge in [0.1, 0.15) is 4.90 Å². The zero-order valence-electron chi connectivity index (χ0n) is 15.7. The number of anilines is 1. The first-order chi connectivity index (χ1) is 13.9. The van der Waals surface area contributed by atoms with E-state index < -0.39 is 10.0 Å². The van der Waals surface area contributed by atoms with Crippen LogP contribution in [0, 0.1) is 0 Å². The van der Waals surface area contributed by atoms with Gasteiger partial charge in [-0.1, -0.05) is 47.5 Å². The molecule has 2 aliphatic rings. The minimum atomic E-state index is -3.78. The fraction of sp³-hybridized carbons (Fsp3) is 0.350. The van der Waals surface area contributed by atoms with E-state index in [1.54, 1.807) is 6.07 Å². The molecule has 2 aliphatic heterocycles.